The number of aliphatic carboxylic acids is 1. The Labute approximate surface area is 126 Å². The van der Waals surface area contributed by atoms with Crippen LogP contribution in [0.15, 0.2) is 12.1 Å². The zero-order valence-corrected chi connectivity index (χ0v) is 12.6. The van der Waals surface area contributed by atoms with E-state index < -0.39 is 11.5 Å². The minimum absolute atomic E-state index is 0.0726. The third-order valence-corrected chi connectivity index (χ3v) is 4.58. The highest BCUT2D eigenvalue weighted by Crippen LogP contribution is 2.34. The van der Waals surface area contributed by atoms with Gasteiger partial charge in [-0.1, -0.05) is 0 Å². The van der Waals surface area contributed by atoms with E-state index in [4.69, 9.17) is 5.11 Å². The zero-order chi connectivity index (χ0) is 15.5. The molecule has 0 spiro atoms. The summed E-state index contributed by atoms with van der Waals surface area (Å²) in [4.78, 5) is 36.1. The van der Waals surface area contributed by atoms with E-state index in [1.165, 1.54) is 11.3 Å². The van der Waals surface area contributed by atoms with Gasteiger partial charge < -0.3 is 15.7 Å². The van der Waals surface area contributed by atoms with Crippen molar-refractivity contribution in [3.63, 3.8) is 0 Å². The van der Waals surface area contributed by atoms with Crippen molar-refractivity contribution >= 4 is 29.1 Å². The minimum atomic E-state index is -0.923. The quantitative estimate of drug-likeness (QED) is 0.738. The highest BCUT2D eigenvalue weighted by atomic mass is 32.1. The van der Waals surface area contributed by atoms with E-state index in [-0.39, 0.29) is 24.8 Å². The number of thiophene rings is 1. The summed E-state index contributed by atoms with van der Waals surface area (Å²) in [5.74, 6) is -1.56. The first-order valence-electron chi connectivity index (χ1n) is 6.78. The van der Waals surface area contributed by atoms with Crippen LogP contribution < -0.4 is 10.6 Å². The van der Waals surface area contributed by atoms with Crippen molar-refractivity contribution in [2.24, 2.45) is 0 Å². The first kappa shape index (κ1) is 15.5. The first-order valence-corrected chi connectivity index (χ1v) is 7.59. The highest BCUT2D eigenvalue weighted by molar-refractivity contribution is 7.13. The van der Waals surface area contributed by atoms with E-state index in [9.17, 15) is 14.4 Å². The smallest absolute Gasteiger partial charge is 0.305 e. The number of hydrogen-bond acceptors (Lipinski definition) is 4. The second kappa shape index (κ2) is 6.26. The van der Waals surface area contributed by atoms with Crippen LogP contribution in [0.5, 0.6) is 0 Å². The summed E-state index contributed by atoms with van der Waals surface area (Å²) in [5.41, 5.74) is -0.632. The number of rotatable bonds is 6. The summed E-state index contributed by atoms with van der Waals surface area (Å²) in [7, 11) is 0. The van der Waals surface area contributed by atoms with E-state index in [0.29, 0.717) is 17.7 Å². The van der Waals surface area contributed by atoms with Gasteiger partial charge in [0.15, 0.2) is 0 Å². The lowest BCUT2D eigenvalue weighted by Gasteiger charge is -2.41. The van der Waals surface area contributed by atoms with Gasteiger partial charge >= 0.3 is 5.97 Å². The Morgan fingerprint density at radius 2 is 2.05 bits per heavy atom. The Balaban J connectivity index is 1.82. The van der Waals surface area contributed by atoms with E-state index in [1.54, 1.807) is 6.07 Å². The molecule has 2 amide bonds. The Morgan fingerprint density at radius 3 is 2.52 bits per heavy atom. The first-order chi connectivity index (χ1) is 9.90. The van der Waals surface area contributed by atoms with Crippen LogP contribution >= 0.6 is 11.3 Å². The Bertz CT molecular complexity index is 563. The van der Waals surface area contributed by atoms with Gasteiger partial charge in [0.2, 0.25) is 5.91 Å². The van der Waals surface area contributed by atoms with Gasteiger partial charge in [-0.25, -0.2) is 0 Å². The molecule has 1 aliphatic carbocycles. The molecule has 6 nitrogen and oxygen atoms in total. The number of carbonyl (C=O) groups is 3. The van der Waals surface area contributed by atoms with Crippen LogP contribution in [0.2, 0.25) is 0 Å². The summed E-state index contributed by atoms with van der Waals surface area (Å²) in [6.45, 7) is 1.76. The fourth-order valence-electron chi connectivity index (χ4n) is 2.38. The van der Waals surface area contributed by atoms with Crippen LogP contribution in [-0.4, -0.2) is 35.0 Å². The molecule has 1 saturated carbocycles. The van der Waals surface area contributed by atoms with Gasteiger partial charge in [-0.05, 0) is 38.3 Å². The molecule has 0 saturated heterocycles. The number of nitrogens with one attached hydrogen (secondary N) is 2. The van der Waals surface area contributed by atoms with E-state index in [2.05, 4.69) is 10.6 Å². The molecular formula is C14H18N2O4S. The number of amides is 2. The van der Waals surface area contributed by atoms with Crippen LogP contribution in [0.3, 0.4) is 0 Å². The molecule has 0 bridgehead atoms. The minimum Gasteiger partial charge on any atom is -0.481 e. The third-order valence-electron chi connectivity index (χ3n) is 3.58. The molecule has 1 aromatic rings. The van der Waals surface area contributed by atoms with Crippen LogP contribution in [0, 0.1) is 6.92 Å². The lowest BCUT2D eigenvalue weighted by Crippen LogP contribution is -2.56. The molecule has 1 aliphatic rings. The molecule has 21 heavy (non-hydrogen) atoms. The van der Waals surface area contributed by atoms with E-state index >= 15 is 0 Å². The van der Waals surface area contributed by atoms with E-state index in [0.717, 1.165) is 11.3 Å². The summed E-state index contributed by atoms with van der Waals surface area (Å²) in [6, 6.07) is 3.56. The maximum atomic E-state index is 11.9. The van der Waals surface area contributed by atoms with Crippen molar-refractivity contribution in [3.8, 4) is 0 Å². The molecule has 1 fully saturated rings. The number of carboxylic acid groups (broad SMARTS) is 1. The van der Waals surface area contributed by atoms with Crippen molar-refractivity contribution in [1.82, 2.24) is 10.6 Å². The summed E-state index contributed by atoms with van der Waals surface area (Å²) < 4.78 is 0. The molecule has 2 rings (SSSR count). The van der Waals surface area contributed by atoms with Crippen molar-refractivity contribution in [1.29, 1.82) is 0 Å². The Kier molecular flexibility index (Phi) is 4.62. The SMILES string of the molecule is Cc1ccc(C(=O)NCC(=O)NC2(CC(=O)O)CCC2)s1. The van der Waals surface area contributed by atoms with Crippen LogP contribution in [0.1, 0.15) is 40.2 Å². The molecular weight excluding hydrogens is 292 g/mol. The average Bonchev–Trinajstić information content (AvgIpc) is 2.79. The molecule has 0 radical (unpaired) electrons. The zero-order valence-electron chi connectivity index (χ0n) is 11.8. The number of carboxylic acids is 1. The summed E-state index contributed by atoms with van der Waals surface area (Å²) in [5, 5.41) is 14.2. The van der Waals surface area contributed by atoms with Gasteiger partial charge in [-0.3, -0.25) is 14.4 Å². The van der Waals surface area contributed by atoms with Gasteiger partial charge in [-0.15, -0.1) is 11.3 Å². The Morgan fingerprint density at radius 1 is 1.33 bits per heavy atom. The molecule has 0 unspecified atom stereocenters. The fourth-order valence-corrected chi connectivity index (χ4v) is 3.17. The maximum Gasteiger partial charge on any atom is 0.305 e. The highest BCUT2D eigenvalue weighted by Gasteiger charge is 2.40. The predicted molar refractivity (Wildman–Crippen MR) is 78.4 cm³/mol. The number of aryl methyl sites for hydroxylation is 1. The van der Waals surface area contributed by atoms with Crippen molar-refractivity contribution < 1.29 is 19.5 Å². The largest absolute Gasteiger partial charge is 0.481 e. The van der Waals surface area contributed by atoms with Gasteiger partial charge in [0, 0.05) is 4.88 Å². The summed E-state index contributed by atoms with van der Waals surface area (Å²) >= 11 is 1.36. The fraction of sp³-hybridized carbons (Fsp3) is 0.500. The van der Waals surface area contributed by atoms with Crippen molar-refractivity contribution in [2.75, 3.05) is 6.54 Å². The van der Waals surface area contributed by atoms with Crippen LogP contribution in [0.4, 0.5) is 0 Å². The predicted octanol–water partition coefficient (Wildman–Crippen LogP) is 1.30. The van der Waals surface area contributed by atoms with Crippen LogP contribution in [0.25, 0.3) is 0 Å². The van der Waals surface area contributed by atoms with Gasteiger partial charge in [0.25, 0.3) is 5.91 Å². The van der Waals surface area contributed by atoms with E-state index in [1.807, 2.05) is 13.0 Å². The monoisotopic (exact) mass is 310 g/mol. The van der Waals surface area contributed by atoms with Gasteiger partial charge in [0.1, 0.15) is 0 Å². The molecule has 1 aromatic heterocycles. The lowest BCUT2D eigenvalue weighted by molar-refractivity contribution is -0.140. The van der Waals surface area contributed by atoms with Gasteiger partial charge in [-0.2, -0.15) is 0 Å². The topological polar surface area (TPSA) is 95.5 Å². The molecule has 0 aromatic carbocycles. The molecule has 0 atom stereocenters. The maximum absolute atomic E-state index is 11.9. The average molecular weight is 310 g/mol. The molecule has 114 valence electrons. The van der Waals surface area contributed by atoms with Crippen molar-refractivity contribution in [2.45, 2.75) is 38.1 Å². The standard InChI is InChI=1S/C14H18N2O4S/c1-9-3-4-10(21-9)13(20)15-8-11(17)16-14(5-2-6-14)7-12(18)19/h3-4H,2,5-8H2,1H3,(H,15,20)(H,16,17)(H,18,19). The number of carbonyl (C=O) groups excluding carboxylic acids is 2. The normalized spacial score (nSPS) is 15.9. The Hall–Kier alpha value is -1.89. The molecule has 0 aliphatic heterocycles. The molecule has 1 heterocycles. The van der Waals surface area contributed by atoms with Gasteiger partial charge in [0.05, 0.1) is 23.4 Å². The summed E-state index contributed by atoms with van der Waals surface area (Å²) in [6.07, 6.45) is 2.18. The van der Waals surface area contributed by atoms with Crippen LogP contribution in [-0.2, 0) is 9.59 Å². The lowest BCUT2D eigenvalue weighted by atomic mass is 9.74. The number of hydrogen-bond donors (Lipinski definition) is 3. The second-order valence-electron chi connectivity index (χ2n) is 5.35. The van der Waals surface area contributed by atoms with Crippen molar-refractivity contribution in [3.05, 3.63) is 21.9 Å². The second-order valence-corrected chi connectivity index (χ2v) is 6.63. The molecule has 7 heteroatoms. The third kappa shape index (κ3) is 4.04. The molecule has 3 N–H and O–H groups in total.